The van der Waals surface area contributed by atoms with Crippen molar-refractivity contribution >= 4 is 0 Å². The lowest BCUT2D eigenvalue weighted by Gasteiger charge is -2.20. The molecule has 3 nitrogen and oxygen atoms in total. The van der Waals surface area contributed by atoms with E-state index >= 15 is 0 Å². The van der Waals surface area contributed by atoms with E-state index in [1.807, 2.05) is 0 Å². The molecule has 0 amide bonds. The standard InChI is InChI=1S/C18H30N2O/c1-3-11-19-12-10-16-6-8-17(9-7-16)14-20(2)15-18-5-4-13-21-18/h6-9,18-19H,3-5,10-15H2,1-2H3. The molecule has 1 saturated heterocycles. The van der Waals surface area contributed by atoms with Gasteiger partial charge in [0.25, 0.3) is 0 Å². The van der Waals surface area contributed by atoms with Crippen molar-refractivity contribution in [1.29, 1.82) is 0 Å². The maximum atomic E-state index is 5.70. The number of ether oxygens (including phenoxy) is 1. The monoisotopic (exact) mass is 290 g/mol. The zero-order chi connectivity index (χ0) is 14.9. The Bertz CT molecular complexity index is 385. The van der Waals surface area contributed by atoms with Gasteiger partial charge in [0.15, 0.2) is 0 Å². The third-order valence-electron chi connectivity index (χ3n) is 4.03. The SMILES string of the molecule is CCCNCCc1ccc(CN(C)CC2CCCO2)cc1. The summed E-state index contributed by atoms with van der Waals surface area (Å²) in [5, 5.41) is 3.45. The number of nitrogens with zero attached hydrogens (tertiary/aromatic N) is 1. The quantitative estimate of drug-likeness (QED) is 0.708. The second-order valence-corrected chi connectivity index (χ2v) is 6.15. The number of hydrogen-bond acceptors (Lipinski definition) is 3. The van der Waals surface area contributed by atoms with Crippen LogP contribution >= 0.6 is 0 Å². The van der Waals surface area contributed by atoms with E-state index < -0.39 is 0 Å². The maximum Gasteiger partial charge on any atom is 0.0702 e. The van der Waals surface area contributed by atoms with Crippen molar-refractivity contribution in [3.8, 4) is 0 Å². The highest BCUT2D eigenvalue weighted by molar-refractivity contribution is 5.22. The second kappa shape index (κ2) is 9.19. The Morgan fingerprint density at radius 2 is 1.95 bits per heavy atom. The van der Waals surface area contributed by atoms with Gasteiger partial charge in [-0.05, 0) is 56.9 Å². The zero-order valence-corrected chi connectivity index (χ0v) is 13.6. The third-order valence-corrected chi connectivity index (χ3v) is 4.03. The van der Waals surface area contributed by atoms with Crippen LogP contribution in [-0.2, 0) is 17.7 Å². The molecule has 1 fully saturated rings. The van der Waals surface area contributed by atoms with Crippen LogP contribution in [0.25, 0.3) is 0 Å². The van der Waals surface area contributed by atoms with E-state index in [0.717, 1.165) is 39.2 Å². The predicted molar refractivity (Wildman–Crippen MR) is 88.6 cm³/mol. The first-order chi connectivity index (χ1) is 10.3. The fourth-order valence-electron chi connectivity index (χ4n) is 2.86. The molecule has 1 atom stereocenters. The molecule has 0 saturated carbocycles. The van der Waals surface area contributed by atoms with Crippen molar-refractivity contribution in [1.82, 2.24) is 10.2 Å². The maximum absolute atomic E-state index is 5.70. The highest BCUT2D eigenvalue weighted by Gasteiger charge is 2.17. The average molecular weight is 290 g/mol. The van der Waals surface area contributed by atoms with Gasteiger partial charge in [0, 0.05) is 19.7 Å². The van der Waals surface area contributed by atoms with Crippen molar-refractivity contribution < 1.29 is 4.74 Å². The van der Waals surface area contributed by atoms with Crippen LogP contribution in [0.3, 0.4) is 0 Å². The van der Waals surface area contributed by atoms with Crippen LogP contribution in [0, 0.1) is 0 Å². The number of rotatable bonds is 9. The van der Waals surface area contributed by atoms with Gasteiger partial charge >= 0.3 is 0 Å². The summed E-state index contributed by atoms with van der Waals surface area (Å²) in [6.07, 6.45) is 5.20. The molecule has 1 N–H and O–H groups in total. The first-order valence-electron chi connectivity index (χ1n) is 8.36. The molecule has 1 aromatic carbocycles. The molecule has 118 valence electrons. The molecule has 0 bridgehead atoms. The van der Waals surface area contributed by atoms with E-state index in [2.05, 4.69) is 48.5 Å². The lowest BCUT2D eigenvalue weighted by Crippen LogP contribution is -2.28. The van der Waals surface area contributed by atoms with Crippen molar-refractivity contribution in [2.45, 2.75) is 45.3 Å². The summed E-state index contributed by atoms with van der Waals surface area (Å²) in [7, 11) is 2.18. The van der Waals surface area contributed by atoms with E-state index in [0.29, 0.717) is 6.10 Å². The minimum atomic E-state index is 0.443. The van der Waals surface area contributed by atoms with Crippen LogP contribution in [0.4, 0.5) is 0 Å². The second-order valence-electron chi connectivity index (χ2n) is 6.15. The Kier molecular flexibility index (Phi) is 7.20. The summed E-state index contributed by atoms with van der Waals surface area (Å²) >= 11 is 0. The Hall–Kier alpha value is -0.900. The van der Waals surface area contributed by atoms with E-state index in [-0.39, 0.29) is 0 Å². The molecular formula is C18H30N2O. The molecule has 3 heteroatoms. The lowest BCUT2D eigenvalue weighted by atomic mass is 10.1. The first kappa shape index (κ1) is 16.5. The summed E-state index contributed by atoms with van der Waals surface area (Å²) in [5.74, 6) is 0. The first-order valence-corrected chi connectivity index (χ1v) is 8.36. The summed E-state index contributed by atoms with van der Waals surface area (Å²) in [6.45, 7) is 7.39. The van der Waals surface area contributed by atoms with Crippen LogP contribution in [0.2, 0.25) is 0 Å². The number of likely N-dealkylation sites (N-methyl/N-ethyl adjacent to an activating group) is 1. The molecule has 0 aromatic heterocycles. The predicted octanol–water partition coefficient (Wildman–Crippen LogP) is 2.84. The highest BCUT2D eigenvalue weighted by atomic mass is 16.5. The summed E-state index contributed by atoms with van der Waals surface area (Å²) in [6, 6.07) is 9.06. The van der Waals surface area contributed by atoms with Gasteiger partial charge in [-0.25, -0.2) is 0 Å². The van der Waals surface area contributed by atoms with Gasteiger partial charge < -0.3 is 10.1 Å². The Labute approximate surface area is 129 Å². The third kappa shape index (κ3) is 6.16. The van der Waals surface area contributed by atoms with Crippen molar-refractivity contribution in [3.05, 3.63) is 35.4 Å². The number of benzene rings is 1. The van der Waals surface area contributed by atoms with Gasteiger partial charge in [-0.15, -0.1) is 0 Å². The highest BCUT2D eigenvalue weighted by Crippen LogP contribution is 2.14. The van der Waals surface area contributed by atoms with Crippen molar-refractivity contribution in [3.63, 3.8) is 0 Å². The fourth-order valence-corrected chi connectivity index (χ4v) is 2.86. The van der Waals surface area contributed by atoms with E-state index in [9.17, 15) is 0 Å². The summed E-state index contributed by atoms with van der Waals surface area (Å²) in [4.78, 5) is 2.37. The molecule has 1 aliphatic rings. The summed E-state index contributed by atoms with van der Waals surface area (Å²) < 4.78 is 5.70. The van der Waals surface area contributed by atoms with Crippen molar-refractivity contribution in [2.75, 3.05) is 33.3 Å². The minimum absolute atomic E-state index is 0.443. The van der Waals surface area contributed by atoms with Gasteiger partial charge in [0.05, 0.1) is 6.10 Å². The van der Waals surface area contributed by atoms with Gasteiger partial charge in [0.1, 0.15) is 0 Å². The normalized spacial score (nSPS) is 18.5. The molecule has 0 spiro atoms. The van der Waals surface area contributed by atoms with E-state index in [1.54, 1.807) is 0 Å². The molecule has 0 aliphatic carbocycles. The Balaban J connectivity index is 1.70. The smallest absolute Gasteiger partial charge is 0.0702 e. The molecular weight excluding hydrogens is 260 g/mol. The topological polar surface area (TPSA) is 24.5 Å². The lowest BCUT2D eigenvalue weighted by molar-refractivity contribution is 0.0793. The average Bonchev–Trinajstić information content (AvgIpc) is 2.98. The molecule has 0 radical (unpaired) electrons. The van der Waals surface area contributed by atoms with Crippen molar-refractivity contribution in [2.24, 2.45) is 0 Å². The largest absolute Gasteiger partial charge is 0.377 e. The molecule has 1 heterocycles. The molecule has 2 rings (SSSR count). The molecule has 1 aromatic rings. The molecule has 1 aliphatic heterocycles. The van der Waals surface area contributed by atoms with Gasteiger partial charge in [-0.2, -0.15) is 0 Å². The van der Waals surface area contributed by atoms with Gasteiger partial charge in [0.2, 0.25) is 0 Å². The molecule has 1 unspecified atom stereocenters. The Morgan fingerprint density at radius 3 is 2.62 bits per heavy atom. The van der Waals surface area contributed by atoms with Crippen LogP contribution in [0.15, 0.2) is 24.3 Å². The fraction of sp³-hybridized carbons (Fsp3) is 0.667. The van der Waals surface area contributed by atoms with E-state index in [4.69, 9.17) is 4.74 Å². The van der Waals surface area contributed by atoms with Crippen LogP contribution < -0.4 is 5.32 Å². The zero-order valence-electron chi connectivity index (χ0n) is 13.6. The van der Waals surface area contributed by atoms with Crippen LogP contribution in [0.5, 0.6) is 0 Å². The van der Waals surface area contributed by atoms with Gasteiger partial charge in [-0.1, -0.05) is 31.2 Å². The molecule has 21 heavy (non-hydrogen) atoms. The van der Waals surface area contributed by atoms with Crippen LogP contribution in [-0.4, -0.2) is 44.3 Å². The van der Waals surface area contributed by atoms with E-state index in [1.165, 1.54) is 30.4 Å². The Morgan fingerprint density at radius 1 is 1.19 bits per heavy atom. The van der Waals surface area contributed by atoms with Crippen LogP contribution in [0.1, 0.15) is 37.3 Å². The van der Waals surface area contributed by atoms with Gasteiger partial charge in [-0.3, -0.25) is 4.90 Å². The number of hydrogen-bond donors (Lipinski definition) is 1. The summed E-state index contributed by atoms with van der Waals surface area (Å²) in [5.41, 5.74) is 2.81. The minimum Gasteiger partial charge on any atom is -0.377 e. The number of nitrogens with one attached hydrogen (secondary N) is 1.